The van der Waals surface area contributed by atoms with E-state index in [1.807, 2.05) is 19.1 Å². The molecule has 4 aromatic rings. The molecule has 0 saturated heterocycles. The molecule has 2 aromatic carbocycles. The lowest BCUT2D eigenvalue weighted by atomic mass is 9.96. The van der Waals surface area contributed by atoms with Crippen molar-refractivity contribution in [1.82, 2.24) is 14.5 Å². The van der Waals surface area contributed by atoms with Gasteiger partial charge >= 0.3 is 12.4 Å². The summed E-state index contributed by atoms with van der Waals surface area (Å²) in [5.41, 5.74) is -1.62. The number of aromatic nitrogens is 2. The number of aryl methyl sites for hydroxylation is 1. The minimum atomic E-state index is -5.02. The Kier molecular flexibility index (Phi) is 6.71. The summed E-state index contributed by atoms with van der Waals surface area (Å²) in [7, 11) is 0. The van der Waals surface area contributed by atoms with Crippen molar-refractivity contribution in [3.63, 3.8) is 0 Å². The van der Waals surface area contributed by atoms with E-state index in [0.717, 1.165) is 5.56 Å². The minimum absolute atomic E-state index is 0.0134. The third-order valence-corrected chi connectivity index (χ3v) is 6.95. The van der Waals surface area contributed by atoms with Gasteiger partial charge in [0.2, 0.25) is 0 Å². The maximum Gasteiger partial charge on any atom is 0.416 e. The molecule has 0 radical (unpaired) electrons. The van der Waals surface area contributed by atoms with Gasteiger partial charge in [0.25, 0.3) is 11.5 Å². The highest BCUT2D eigenvalue weighted by Crippen LogP contribution is 2.38. The molecule has 208 valence electrons. The van der Waals surface area contributed by atoms with Crippen LogP contribution in [0.2, 0.25) is 0 Å². The fourth-order valence-electron chi connectivity index (χ4n) is 5.15. The number of carbonyl (C=O) groups excluding carboxylic acids is 1. The SMILES string of the molecule is Cc1ccc(-c2c3n(c(=O)c4cnccc24)C[C@@H](C)CN(Cc2cc(C(F)(F)F)cc(C(F)(F)F)c2)C3=O)cc1. The first-order valence-corrected chi connectivity index (χ1v) is 12.4. The van der Waals surface area contributed by atoms with Gasteiger partial charge in [-0.2, -0.15) is 26.3 Å². The number of nitrogens with zero attached hydrogens (tertiary/aromatic N) is 3. The molecule has 0 unspecified atom stereocenters. The number of benzene rings is 2. The van der Waals surface area contributed by atoms with E-state index < -0.39 is 41.5 Å². The molecule has 40 heavy (non-hydrogen) atoms. The largest absolute Gasteiger partial charge is 0.416 e. The third kappa shape index (κ3) is 5.07. The lowest BCUT2D eigenvalue weighted by molar-refractivity contribution is -0.143. The number of fused-ring (bicyclic) bond motifs is 2. The van der Waals surface area contributed by atoms with Crippen LogP contribution >= 0.6 is 0 Å². The maximum absolute atomic E-state index is 14.1. The van der Waals surface area contributed by atoms with Gasteiger partial charge in [-0.05, 0) is 48.2 Å². The Morgan fingerprint density at radius 2 is 1.50 bits per heavy atom. The van der Waals surface area contributed by atoms with E-state index in [4.69, 9.17) is 0 Å². The van der Waals surface area contributed by atoms with Crippen LogP contribution in [-0.2, 0) is 25.4 Å². The molecule has 0 bridgehead atoms. The third-order valence-electron chi connectivity index (χ3n) is 6.95. The first kappa shape index (κ1) is 27.4. The summed E-state index contributed by atoms with van der Waals surface area (Å²) >= 11 is 0. The quantitative estimate of drug-likeness (QED) is 0.263. The van der Waals surface area contributed by atoms with Crippen LogP contribution in [0.5, 0.6) is 0 Å². The number of pyridine rings is 2. The first-order valence-electron chi connectivity index (χ1n) is 12.4. The molecule has 11 heteroatoms. The van der Waals surface area contributed by atoms with Gasteiger partial charge < -0.3 is 9.47 Å². The van der Waals surface area contributed by atoms with Crippen molar-refractivity contribution in [3.05, 3.63) is 99.2 Å². The van der Waals surface area contributed by atoms with Crippen LogP contribution in [-0.4, -0.2) is 26.9 Å². The molecule has 0 fully saturated rings. The Balaban J connectivity index is 1.70. The van der Waals surface area contributed by atoms with E-state index in [1.165, 1.54) is 21.9 Å². The molecule has 0 spiro atoms. The van der Waals surface area contributed by atoms with Gasteiger partial charge in [-0.15, -0.1) is 0 Å². The summed E-state index contributed by atoms with van der Waals surface area (Å²) in [6.07, 6.45) is -7.13. The molecule has 0 aliphatic carbocycles. The smallest absolute Gasteiger partial charge is 0.333 e. The molecule has 1 aliphatic rings. The topological polar surface area (TPSA) is 55.2 Å². The molecular formula is C29H23F6N3O2. The average molecular weight is 560 g/mol. The zero-order valence-corrected chi connectivity index (χ0v) is 21.4. The second kappa shape index (κ2) is 9.79. The van der Waals surface area contributed by atoms with Gasteiger partial charge in [0.15, 0.2) is 0 Å². The summed E-state index contributed by atoms with van der Waals surface area (Å²) in [4.78, 5) is 32.9. The molecule has 5 rings (SSSR count). The zero-order valence-electron chi connectivity index (χ0n) is 21.4. The van der Waals surface area contributed by atoms with Crippen molar-refractivity contribution in [2.24, 2.45) is 5.92 Å². The van der Waals surface area contributed by atoms with Crippen LogP contribution < -0.4 is 5.56 Å². The van der Waals surface area contributed by atoms with Gasteiger partial charge in [0.1, 0.15) is 5.69 Å². The van der Waals surface area contributed by atoms with Crippen LogP contribution in [0.25, 0.3) is 21.9 Å². The molecule has 1 aliphatic heterocycles. The number of hydrogen-bond donors (Lipinski definition) is 0. The van der Waals surface area contributed by atoms with Crippen LogP contribution in [0.3, 0.4) is 0 Å². The van der Waals surface area contributed by atoms with Crippen molar-refractivity contribution in [2.45, 2.75) is 39.3 Å². The molecule has 2 aromatic heterocycles. The van der Waals surface area contributed by atoms with Gasteiger partial charge in [0.05, 0.1) is 16.5 Å². The van der Waals surface area contributed by atoms with Crippen LogP contribution in [0.15, 0.2) is 65.7 Å². The van der Waals surface area contributed by atoms with Crippen molar-refractivity contribution in [2.75, 3.05) is 6.54 Å². The fourth-order valence-corrected chi connectivity index (χ4v) is 5.15. The van der Waals surface area contributed by atoms with E-state index in [-0.39, 0.29) is 36.3 Å². The van der Waals surface area contributed by atoms with E-state index in [1.54, 1.807) is 25.1 Å². The van der Waals surface area contributed by atoms with Crippen LogP contribution in [0, 0.1) is 12.8 Å². The summed E-state index contributed by atoms with van der Waals surface area (Å²) in [5.74, 6) is -1.00. The number of hydrogen-bond acceptors (Lipinski definition) is 3. The van der Waals surface area contributed by atoms with Crippen molar-refractivity contribution in [3.8, 4) is 11.1 Å². The molecule has 0 N–H and O–H groups in total. The van der Waals surface area contributed by atoms with Gasteiger partial charge in [-0.3, -0.25) is 14.6 Å². The number of carbonyl (C=O) groups is 1. The Morgan fingerprint density at radius 1 is 0.875 bits per heavy atom. The highest BCUT2D eigenvalue weighted by molar-refractivity contribution is 6.08. The highest BCUT2D eigenvalue weighted by atomic mass is 19.4. The molecule has 5 nitrogen and oxygen atoms in total. The summed E-state index contributed by atoms with van der Waals surface area (Å²) < 4.78 is 82.3. The highest BCUT2D eigenvalue weighted by Gasteiger charge is 2.38. The van der Waals surface area contributed by atoms with E-state index >= 15 is 0 Å². The van der Waals surface area contributed by atoms with Crippen LogP contribution in [0.1, 0.15) is 39.7 Å². The Labute approximate surface area is 224 Å². The van der Waals surface area contributed by atoms with E-state index in [2.05, 4.69) is 4.98 Å². The molecule has 1 atom stereocenters. The number of amides is 1. The summed E-state index contributed by atoms with van der Waals surface area (Å²) in [6, 6.07) is 10.2. The van der Waals surface area contributed by atoms with E-state index in [0.29, 0.717) is 34.0 Å². The Bertz CT molecular complexity index is 1640. The summed E-state index contributed by atoms with van der Waals surface area (Å²) in [5, 5.41) is 0.763. The minimum Gasteiger partial charge on any atom is -0.333 e. The van der Waals surface area contributed by atoms with Crippen molar-refractivity contribution >= 4 is 16.7 Å². The number of rotatable bonds is 3. The predicted molar refractivity (Wildman–Crippen MR) is 137 cm³/mol. The number of halogens is 6. The predicted octanol–water partition coefficient (Wildman–Crippen LogP) is 6.70. The molecular weight excluding hydrogens is 536 g/mol. The van der Waals surface area contributed by atoms with Gasteiger partial charge in [0, 0.05) is 43.0 Å². The number of alkyl halides is 6. The molecule has 3 heterocycles. The lowest BCUT2D eigenvalue weighted by Crippen LogP contribution is -2.34. The Hall–Kier alpha value is -4.15. The lowest BCUT2D eigenvalue weighted by Gasteiger charge is -2.25. The normalized spacial score (nSPS) is 16.2. The van der Waals surface area contributed by atoms with Crippen LogP contribution in [0.4, 0.5) is 26.3 Å². The standard InChI is InChI=1S/C29H23F6N3O2/c1-16-3-5-19(6-4-16)24-22-7-8-36-12-23(22)26(39)38-14-17(2)13-37(27(40)25(24)38)15-18-9-20(28(30,31)32)11-21(10-18)29(33,34)35/h3-12,17H,13-15H2,1-2H3/t17-/m0/s1. The summed E-state index contributed by atoms with van der Waals surface area (Å²) in [6.45, 7) is 3.27. The van der Waals surface area contributed by atoms with Gasteiger partial charge in [-0.25, -0.2) is 0 Å². The molecule has 0 saturated carbocycles. The first-order chi connectivity index (χ1) is 18.7. The fraction of sp³-hybridized carbons (Fsp3) is 0.276. The second-order valence-electron chi connectivity index (χ2n) is 10.1. The monoisotopic (exact) mass is 559 g/mol. The average Bonchev–Trinajstić information content (AvgIpc) is 3.00. The van der Waals surface area contributed by atoms with Crippen molar-refractivity contribution in [1.29, 1.82) is 0 Å². The zero-order chi connectivity index (χ0) is 29.0. The molecule has 1 amide bonds. The van der Waals surface area contributed by atoms with E-state index in [9.17, 15) is 35.9 Å². The maximum atomic E-state index is 14.1. The van der Waals surface area contributed by atoms with Crippen molar-refractivity contribution < 1.29 is 31.1 Å². The Morgan fingerprint density at radius 3 is 2.10 bits per heavy atom. The van der Waals surface area contributed by atoms with Gasteiger partial charge in [-0.1, -0.05) is 36.8 Å². The second-order valence-corrected chi connectivity index (χ2v) is 10.1.